The molecule has 0 heterocycles. The van der Waals surface area contributed by atoms with Crippen LogP contribution in [0.4, 0.5) is 4.39 Å². The first kappa shape index (κ1) is 11.1. The van der Waals surface area contributed by atoms with Crippen LogP contribution in [0.5, 0.6) is 0 Å². The van der Waals surface area contributed by atoms with E-state index in [4.69, 9.17) is 0 Å². The summed E-state index contributed by atoms with van der Waals surface area (Å²) in [6, 6.07) is 4.73. The molecule has 1 N–H and O–H groups in total. The summed E-state index contributed by atoms with van der Waals surface area (Å²) in [6.45, 7) is 0. The topological polar surface area (TPSA) is 20.2 Å². The fourth-order valence-electron chi connectivity index (χ4n) is 2.27. The van der Waals surface area contributed by atoms with Gasteiger partial charge in [-0.2, -0.15) is 0 Å². The zero-order valence-electron chi connectivity index (χ0n) is 8.42. The molecule has 1 aliphatic carbocycles. The van der Waals surface area contributed by atoms with Gasteiger partial charge in [0.2, 0.25) is 0 Å². The lowest BCUT2D eigenvalue weighted by molar-refractivity contribution is 0.108. The normalized spacial score (nSPS) is 19.4. The van der Waals surface area contributed by atoms with Gasteiger partial charge in [-0.05, 0) is 37.0 Å². The lowest BCUT2D eigenvalue weighted by Crippen LogP contribution is -2.10. The molecular weight excluding hydrogens is 259 g/mol. The number of halogens is 2. The van der Waals surface area contributed by atoms with E-state index < -0.39 is 6.10 Å². The summed E-state index contributed by atoms with van der Waals surface area (Å²) < 4.78 is 14.3. The molecule has 3 heteroatoms. The van der Waals surface area contributed by atoms with E-state index in [1.165, 1.54) is 6.07 Å². The minimum Gasteiger partial charge on any atom is -0.388 e. The van der Waals surface area contributed by atoms with Crippen molar-refractivity contribution in [2.75, 3.05) is 0 Å². The van der Waals surface area contributed by atoms with Gasteiger partial charge in [0.15, 0.2) is 0 Å². The second-order valence-corrected chi connectivity index (χ2v) is 5.07. The predicted molar refractivity (Wildman–Crippen MR) is 61.0 cm³/mol. The van der Waals surface area contributed by atoms with Crippen LogP contribution in [-0.2, 0) is 0 Å². The van der Waals surface area contributed by atoms with Crippen LogP contribution in [0.15, 0.2) is 22.7 Å². The molecule has 1 nitrogen and oxygen atoms in total. The van der Waals surface area contributed by atoms with Crippen LogP contribution in [0.3, 0.4) is 0 Å². The Labute approximate surface area is 97.4 Å². The van der Waals surface area contributed by atoms with Crippen molar-refractivity contribution in [3.8, 4) is 0 Å². The van der Waals surface area contributed by atoms with Crippen molar-refractivity contribution >= 4 is 15.9 Å². The summed E-state index contributed by atoms with van der Waals surface area (Å²) in [7, 11) is 0. The molecule has 15 heavy (non-hydrogen) atoms. The highest BCUT2D eigenvalue weighted by molar-refractivity contribution is 9.10. The van der Waals surface area contributed by atoms with Crippen LogP contribution >= 0.6 is 15.9 Å². The Balaban J connectivity index is 2.23. The summed E-state index contributed by atoms with van der Waals surface area (Å²) in [5, 5.41) is 10.1. The fourth-order valence-corrected chi connectivity index (χ4v) is 2.65. The van der Waals surface area contributed by atoms with Crippen molar-refractivity contribution in [3.63, 3.8) is 0 Å². The molecule has 0 spiro atoms. The molecule has 0 aromatic heterocycles. The zero-order chi connectivity index (χ0) is 10.8. The number of benzene rings is 1. The van der Waals surface area contributed by atoms with E-state index in [1.807, 2.05) is 0 Å². The van der Waals surface area contributed by atoms with Crippen molar-refractivity contribution in [3.05, 3.63) is 34.1 Å². The van der Waals surface area contributed by atoms with Crippen LogP contribution in [0, 0.1) is 11.7 Å². The van der Waals surface area contributed by atoms with E-state index >= 15 is 0 Å². The van der Waals surface area contributed by atoms with Gasteiger partial charge < -0.3 is 5.11 Å². The summed E-state index contributed by atoms with van der Waals surface area (Å²) in [5.41, 5.74) is 0.427. The molecule has 1 aromatic rings. The Hall–Kier alpha value is -0.410. The highest BCUT2D eigenvalue weighted by Crippen LogP contribution is 2.37. The van der Waals surface area contributed by atoms with Crippen molar-refractivity contribution in [2.24, 2.45) is 5.92 Å². The molecule has 0 saturated heterocycles. The molecule has 1 aromatic carbocycles. The molecule has 0 aliphatic heterocycles. The summed E-state index contributed by atoms with van der Waals surface area (Å²) in [4.78, 5) is 0. The molecule has 2 rings (SSSR count). The van der Waals surface area contributed by atoms with Gasteiger partial charge >= 0.3 is 0 Å². The number of hydrogen-bond acceptors (Lipinski definition) is 1. The van der Waals surface area contributed by atoms with E-state index in [-0.39, 0.29) is 11.7 Å². The van der Waals surface area contributed by atoms with Gasteiger partial charge in [0.25, 0.3) is 0 Å². The minimum absolute atomic E-state index is 0.230. The Morgan fingerprint density at radius 1 is 1.33 bits per heavy atom. The SMILES string of the molecule is OC(c1cc(Br)ccc1F)C1CCCC1. The summed E-state index contributed by atoms with van der Waals surface area (Å²) in [5.74, 6) is -0.0774. The Kier molecular flexibility index (Phi) is 3.42. The molecule has 0 amide bonds. The monoisotopic (exact) mass is 272 g/mol. The second-order valence-electron chi connectivity index (χ2n) is 4.16. The average Bonchev–Trinajstić information content (AvgIpc) is 2.74. The summed E-state index contributed by atoms with van der Waals surface area (Å²) >= 11 is 3.30. The van der Waals surface area contributed by atoms with E-state index in [2.05, 4.69) is 15.9 Å². The number of aliphatic hydroxyl groups excluding tert-OH is 1. The lowest BCUT2D eigenvalue weighted by Gasteiger charge is -2.18. The Morgan fingerprint density at radius 2 is 2.00 bits per heavy atom. The molecule has 1 saturated carbocycles. The smallest absolute Gasteiger partial charge is 0.129 e. The third-order valence-electron chi connectivity index (χ3n) is 3.12. The first-order chi connectivity index (χ1) is 7.18. The van der Waals surface area contributed by atoms with Gasteiger partial charge in [-0.1, -0.05) is 28.8 Å². The van der Waals surface area contributed by atoms with Crippen molar-refractivity contribution in [1.82, 2.24) is 0 Å². The first-order valence-electron chi connectivity index (χ1n) is 5.31. The number of aliphatic hydroxyl groups is 1. The predicted octanol–water partition coefficient (Wildman–Crippen LogP) is 3.81. The van der Waals surface area contributed by atoms with Gasteiger partial charge in [0, 0.05) is 10.0 Å². The molecule has 1 unspecified atom stereocenters. The van der Waals surface area contributed by atoms with Gasteiger partial charge in [0.05, 0.1) is 6.10 Å². The number of rotatable bonds is 2. The molecule has 1 fully saturated rings. The lowest BCUT2D eigenvalue weighted by atomic mass is 9.94. The van der Waals surface area contributed by atoms with Crippen LogP contribution in [0.25, 0.3) is 0 Å². The van der Waals surface area contributed by atoms with Crippen molar-refractivity contribution in [2.45, 2.75) is 31.8 Å². The van der Waals surface area contributed by atoms with Crippen LogP contribution in [0.1, 0.15) is 37.4 Å². The van der Waals surface area contributed by atoms with Crippen LogP contribution in [0.2, 0.25) is 0 Å². The maximum absolute atomic E-state index is 13.5. The first-order valence-corrected chi connectivity index (χ1v) is 6.11. The van der Waals surface area contributed by atoms with Crippen molar-refractivity contribution < 1.29 is 9.50 Å². The maximum Gasteiger partial charge on any atom is 0.129 e. The standard InChI is InChI=1S/C12H14BrFO/c13-9-5-6-11(14)10(7-9)12(15)8-3-1-2-4-8/h5-8,12,15H,1-4H2. The third kappa shape index (κ3) is 2.40. The molecule has 0 bridgehead atoms. The van der Waals surface area contributed by atoms with Gasteiger partial charge in [-0.15, -0.1) is 0 Å². The highest BCUT2D eigenvalue weighted by Gasteiger charge is 2.26. The van der Waals surface area contributed by atoms with Gasteiger partial charge in [-0.25, -0.2) is 4.39 Å². The van der Waals surface area contributed by atoms with Gasteiger partial charge in [0.1, 0.15) is 5.82 Å². The van der Waals surface area contributed by atoms with Gasteiger partial charge in [-0.3, -0.25) is 0 Å². The molecular formula is C12H14BrFO. The molecule has 1 atom stereocenters. The second kappa shape index (κ2) is 4.62. The minimum atomic E-state index is -0.648. The molecule has 0 radical (unpaired) electrons. The van der Waals surface area contributed by atoms with E-state index in [0.29, 0.717) is 5.56 Å². The fraction of sp³-hybridized carbons (Fsp3) is 0.500. The van der Waals surface area contributed by atoms with Crippen LogP contribution < -0.4 is 0 Å². The highest BCUT2D eigenvalue weighted by atomic mass is 79.9. The largest absolute Gasteiger partial charge is 0.388 e. The number of hydrogen-bond donors (Lipinski definition) is 1. The molecule has 82 valence electrons. The molecule has 1 aliphatic rings. The van der Waals surface area contributed by atoms with E-state index in [0.717, 1.165) is 30.2 Å². The Morgan fingerprint density at radius 3 is 2.67 bits per heavy atom. The van der Waals surface area contributed by atoms with Crippen molar-refractivity contribution in [1.29, 1.82) is 0 Å². The Bertz CT molecular complexity index is 347. The van der Waals surface area contributed by atoms with Crippen LogP contribution in [-0.4, -0.2) is 5.11 Å². The quantitative estimate of drug-likeness (QED) is 0.868. The average molecular weight is 273 g/mol. The zero-order valence-corrected chi connectivity index (χ0v) is 10.0. The summed E-state index contributed by atoms with van der Waals surface area (Å²) in [6.07, 6.45) is 3.67. The maximum atomic E-state index is 13.5. The third-order valence-corrected chi connectivity index (χ3v) is 3.62. The van der Waals surface area contributed by atoms with E-state index in [9.17, 15) is 9.50 Å². The van der Waals surface area contributed by atoms with E-state index in [1.54, 1.807) is 12.1 Å².